The van der Waals surface area contributed by atoms with Crippen molar-refractivity contribution in [1.29, 1.82) is 0 Å². The Morgan fingerprint density at radius 2 is 1.92 bits per heavy atom. The van der Waals surface area contributed by atoms with E-state index in [0.717, 1.165) is 26.2 Å². The third kappa shape index (κ3) is 4.47. The average Bonchev–Trinajstić information content (AvgIpc) is 3.11. The number of aromatic nitrogens is 4. The molecule has 1 aliphatic rings. The molecular weight excluding hydrogens is 328 g/mol. The van der Waals surface area contributed by atoms with Crippen molar-refractivity contribution in [3.05, 3.63) is 30.2 Å². The van der Waals surface area contributed by atoms with Gasteiger partial charge in [0.25, 0.3) is 0 Å². The maximum atomic E-state index is 12.0. The van der Waals surface area contributed by atoms with Crippen molar-refractivity contribution in [2.45, 2.75) is 6.54 Å². The minimum atomic E-state index is -0.801. The summed E-state index contributed by atoms with van der Waals surface area (Å²) >= 11 is 0. The number of amides is 2. The van der Waals surface area contributed by atoms with E-state index in [1.165, 1.54) is 0 Å². The van der Waals surface area contributed by atoms with Crippen molar-refractivity contribution in [2.75, 3.05) is 37.6 Å². The van der Waals surface area contributed by atoms with Crippen LogP contribution in [0.1, 0.15) is 16.5 Å². The fourth-order valence-corrected chi connectivity index (χ4v) is 2.42. The first-order valence-electron chi connectivity index (χ1n) is 7.75. The predicted octanol–water partition coefficient (Wildman–Crippen LogP) is -1.60. The highest BCUT2D eigenvalue weighted by Gasteiger charge is 2.20. The number of nitrogens with zero attached hydrogens (tertiary/aromatic N) is 6. The Kier molecular flexibility index (Phi) is 5.14. The van der Waals surface area contributed by atoms with Gasteiger partial charge in [0.15, 0.2) is 5.82 Å². The summed E-state index contributed by atoms with van der Waals surface area (Å²) in [5.74, 6) is -0.328. The van der Waals surface area contributed by atoms with Crippen LogP contribution in [0, 0.1) is 0 Å². The monoisotopic (exact) mass is 346 g/mol. The Balaban J connectivity index is 1.41. The molecule has 3 heterocycles. The molecule has 2 aromatic heterocycles. The van der Waals surface area contributed by atoms with Gasteiger partial charge in [0.2, 0.25) is 11.9 Å². The molecule has 11 nitrogen and oxygen atoms in total. The van der Waals surface area contributed by atoms with Crippen LogP contribution in [0.3, 0.4) is 0 Å². The zero-order valence-electron chi connectivity index (χ0n) is 13.5. The van der Waals surface area contributed by atoms with Crippen LogP contribution in [-0.2, 0) is 11.3 Å². The molecule has 0 saturated carbocycles. The molecule has 3 N–H and O–H groups in total. The number of hydrogen-bond donors (Lipinski definition) is 2. The normalized spacial score (nSPS) is 15.1. The lowest BCUT2D eigenvalue weighted by Crippen LogP contribution is -2.49. The third-order valence-electron chi connectivity index (χ3n) is 3.70. The summed E-state index contributed by atoms with van der Waals surface area (Å²) in [6, 6.07) is 1.78. The molecule has 1 saturated heterocycles. The van der Waals surface area contributed by atoms with E-state index in [2.05, 4.69) is 34.8 Å². The summed E-state index contributed by atoms with van der Waals surface area (Å²) in [6.45, 7) is 3.32. The van der Waals surface area contributed by atoms with Gasteiger partial charge in [0.05, 0.1) is 13.1 Å². The number of anilines is 1. The van der Waals surface area contributed by atoms with Gasteiger partial charge in [-0.1, -0.05) is 5.16 Å². The van der Waals surface area contributed by atoms with E-state index in [4.69, 9.17) is 5.73 Å². The first-order valence-corrected chi connectivity index (χ1v) is 7.75. The Morgan fingerprint density at radius 3 is 2.56 bits per heavy atom. The molecule has 132 valence electrons. The Hall–Kier alpha value is -3.08. The number of piperazine rings is 1. The van der Waals surface area contributed by atoms with E-state index in [0.29, 0.717) is 5.95 Å². The molecule has 0 atom stereocenters. The Morgan fingerprint density at radius 1 is 1.20 bits per heavy atom. The van der Waals surface area contributed by atoms with Crippen molar-refractivity contribution in [3.8, 4) is 0 Å². The highest BCUT2D eigenvalue weighted by molar-refractivity contribution is 5.87. The van der Waals surface area contributed by atoms with Crippen LogP contribution in [0.25, 0.3) is 0 Å². The quantitative estimate of drug-likeness (QED) is 0.631. The molecule has 1 aliphatic heterocycles. The largest absolute Gasteiger partial charge is 0.361 e. The van der Waals surface area contributed by atoms with E-state index >= 15 is 0 Å². The van der Waals surface area contributed by atoms with Crippen LogP contribution in [0.15, 0.2) is 23.0 Å². The molecule has 0 spiro atoms. The average molecular weight is 346 g/mol. The minimum absolute atomic E-state index is 0.0768. The molecule has 25 heavy (non-hydrogen) atoms. The van der Waals surface area contributed by atoms with Crippen LogP contribution in [0.4, 0.5) is 5.95 Å². The summed E-state index contributed by atoms with van der Waals surface area (Å²) in [5.41, 5.74) is 5.02. The van der Waals surface area contributed by atoms with Gasteiger partial charge in [0.1, 0.15) is 0 Å². The zero-order chi connectivity index (χ0) is 17.6. The standard InChI is InChI=1S/C14H18N8O3/c15-12(24)13-19-10(20-25-13)8-18-11(23)9-21-4-6-22(7-5-21)14-16-2-1-3-17-14/h1-3H,4-9H2,(H2,15,24)(H,18,23). The van der Waals surface area contributed by atoms with Gasteiger partial charge in [-0.05, 0) is 6.07 Å². The highest BCUT2D eigenvalue weighted by Crippen LogP contribution is 2.09. The molecule has 11 heteroatoms. The first-order chi connectivity index (χ1) is 12.1. The van der Waals surface area contributed by atoms with Gasteiger partial charge >= 0.3 is 11.8 Å². The number of nitrogens with one attached hydrogen (secondary N) is 1. The summed E-state index contributed by atoms with van der Waals surface area (Å²) in [4.78, 5) is 39.2. The molecule has 0 aliphatic carbocycles. The molecule has 2 aromatic rings. The molecular formula is C14H18N8O3. The smallest absolute Gasteiger partial charge is 0.315 e. The summed E-state index contributed by atoms with van der Waals surface area (Å²) in [7, 11) is 0. The summed E-state index contributed by atoms with van der Waals surface area (Å²) < 4.78 is 4.65. The van der Waals surface area contributed by atoms with Gasteiger partial charge in [-0.2, -0.15) is 4.98 Å². The van der Waals surface area contributed by atoms with Crippen LogP contribution in [0.2, 0.25) is 0 Å². The molecule has 0 aromatic carbocycles. The maximum Gasteiger partial charge on any atom is 0.315 e. The molecule has 3 rings (SSSR count). The minimum Gasteiger partial charge on any atom is -0.361 e. The highest BCUT2D eigenvalue weighted by atomic mass is 16.5. The van der Waals surface area contributed by atoms with Crippen LogP contribution in [-0.4, -0.2) is 69.5 Å². The summed E-state index contributed by atoms with van der Waals surface area (Å²) in [5, 5.41) is 6.25. The summed E-state index contributed by atoms with van der Waals surface area (Å²) in [6.07, 6.45) is 3.42. The lowest BCUT2D eigenvalue weighted by atomic mass is 10.3. The number of carbonyl (C=O) groups excluding carboxylic acids is 2. The number of rotatable bonds is 6. The van der Waals surface area contributed by atoms with Crippen LogP contribution in [0.5, 0.6) is 0 Å². The van der Waals surface area contributed by atoms with E-state index < -0.39 is 5.91 Å². The second-order valence-corrected chi connectivity index (χ2v) is 5.47. The van der Waals surface area contributed by atoms with Crippen molar-refractivity contribution >= 4 is 17.8 Å². The van der Waals surface area contributed by atoms with Gasteiger partial charge < -0.3 is 20.5 Å². The van der Waals surface area contributed by atoms with Gasteiger partial charge in [-0.3, -0.25) is 14.5 Å². The number of hydrogen-bond acceptors (Lipinski definition) is 9. The number of primary amides is 1. The predicted molar refractivity (Wildman–Crippen MR) is 85.3 cm³/mol. The molecule has 2 amide bonds. The van der Waals surface area contributed by atoms with Crippen molar-refractivity contribution in [3.63, 3.8) is 0 Å². The van der Waals surface area contributed by atoms with Crippen LogP contribution >= 0.6 is 0 Å². The molecule has 0 bridgehead atoms. The third-order valence-corrected chi connectivity index (χ3v) is 3.70. The van der Waals surface area contributed by atoms with E-state index in [9.17, 15) is 9.59 Å². The molecule has 0 radical (unpaired) electrons. The lowest BCUT2D eigenvalue weighted by molar-refractivity contribution is -0.122. The van der Waals surface area contributed by atoms with Crippen LogP contribution < -0.4 is 16.0 Å². The SMILES string of the molecule is NC(=O)c1nc(CNC(=O)CN2CCN(c3ncccn3)CC2)no1. The van der Waals surface area contributed by atoms with E-state index in [1.54, 1.807) is 18.5 Å². The fourth-order valence-electron chi connectivity index (χ4n) is 2.42. The second kappa shape index (κ2) is 7.66. The number of nitrogens with two attached hydrogens (primary N) is 1. The maximum absolute atomic E-state index is 12.0. The molecule has 1 fully saturated rings. The van der Waals surface area contributed by atoms with Gasteiger partial charge in [0, 0.05) is 38.6 Å². The van der Waals surface area contributed by atoms with Crippen molar-refractivity contribution < 1.29 is 14.1 Å². The second-order valence-electron chi connectivity index (χ2n) is 5.47. The van der Waals surface area contributed by atoms with Crippen molar-refractivity contribution in [1.82, 2.24) is 30.3 Å². The first kappa shape index (κ1) is 16.8. The van der Waals surface area contributed by atoms with Gasteiger partial charge in [-0.15, -0.1) is 0 Å². The Labute approximate surface area is 143 Å². The Bertz CT molecular complexity index is 727. The van der Waals surface area contributed by atoms with E-state index in [-0.39, 0.29) is 30.7 Å². The lowest BCUT2D eigenvalue weighted by Gasteiger charge is -2.34. The zero-order valence-corrected chi connectivity index (χ0v) is 13.5. The van der Waals surface area contributed by atoms with E-state index in [1.807, 2.05) is 4.90 Å². The van der Waals surface area contributed by atoms with Gasteiger partial charge in [-0.25, -0.2) is 9.97 Å². The molecule has 0 unspecified atom stereocenters. The van der Waals surface area contributed by atoms with Crippen molar-refractivity contribution in [2.24, 2.45) is 5.73 Å². The number of carbonyl (C=O) groups is 2. The topological polar surface area (TPSA) is 143 Å². The fraction of sp³-hybridized carbons (Fsp3) is 0.429.